The van der Waals surface area contributed by atoms with Gasteiger partial charge in [0, 0.05) is 17.5 Å². The minimum absolute atomic E-state index is 0.205. The SMILES string of the molecule is Cc1nc(CC(=O)c2c(F)cc(F)cc2F)cs1. The Morgan fingerprint density at radius 3 is 2.39 bits per heavy atom. The predicted octanol–water partition coefficient (Wildman–Crippen LogP) is 3.29. The van der Waals surface area contributed by atoms with Crippen molar-refractivity contribution in [1.82, 2.24) is 4.98 Å². The van der Waals surface area contributed by atoms with Crippen LogP contribution in [0.3, 0.4) is 0 Å². The quantitative estimate of drug-likeness (QED) is 0.802. The van der Waals surface area contributed by atoms with E-state index < -0.39 is 28.8 Å². The Bertz CT molecular complexity index is 586. The van der Waals surface area contributed by atoms with Crippen molar-refractivity contribution in [2.24, 2.45) is 0 Å². The number of Topliss-reactive ketones (excluding diaryl/α,β-unsaturated/α-hetero) is 1. The van der Waals surface area contributed by atoms with Gasteiger partial charge in [0.25, 0.3) is 0 Å². The van der Waals surface area contributed by atoms with Crippen molar-refractivity contribution < 1.29 is 18.0 Å². The number of hydrogen-bond donors (Lipinski definition) is 0. The molecule has 0 radical (unpaired) electrons. The molecule has 0 amide bonds. The van der Waals surface area contributed by atoms with Crippen LogP contribution in [0, 0.1) is 24.4 Å². The summed E-state index contributed by atoms with van der Waals surface area (Å²) in [6.45, 7) is 1.76. The monoisotopic (exact) mass is 271 g/mol. The summed E-state index contributed by atoms with van der Waals surface area (Å²) < 4.78 is 39.4. The number of nitrogens with zero attached hydrogens (tertiary/aromatic N) is 1. The molecule has 0 aliphatic carbocycles. The predicted molar refractivity (Wildman–Crippen MR) is 61.2 cm³/mol. The molecule has 18 heavy (non-hydrogen) atoms. The molecule has 1 heterocycles. The molecular weight excluding hydrogens is 263 g/mol. The Balaban J connectivity index is 2.29. The van der Waals surface area contributed by atoms with Crippen molar-refractivity contribution in [3.63, 3.8) is 0 Å². The molecule has 1 aromatic heterocycles. The number of aromatic nitrogens is 1. The first-order chi connectivity index (χ1) is 8.47. The molecule has 0 unspecified atom stereocenters. The zero-order chi connectivity index (χ0) is 13.3. The molecule has 0 spiro atoms. The summed E-state index contributed by atoms with van der Waals surface area (Å²) in [7, 11) is 0. The van der Waals surface area contributed by atoms with E-state index in [-0.39, 0.29) is 6.42 Å². The van der Waals surface area contributed by atoms with E-state index in [1.165, 1.54) is 11.3 Å². The number of carbonyl (C=O) groups excluding carboxylic acids is 1. The van der Waals surface area contributed by atoms with Crippen LogP contribution in [-0.2, 0) is 6.42 Å². The van der Waals surface area contributed by atoms with E-state index in [0.29, 0.717) is 17.8 Å². The lowest BCUT2D eigenvalue weighted by Gasteiger charge is -2.03. The van der Waals surface area contributed by atoms with Gasteiger partial charge in [0.1, 0.15) is 17.5 Å². The fourth-order valence-corrected chi connectivity index (χ4v) is 2.16. The van der Waals surface area contributed by atoms with Gasteiger partial charge in [0.15, 0.2) is 5.78 Å². The van der Waals surface area contributed by atoms with Gasteiger partial charge in [-0.05, 0) is 6.92 Å². The molecule has 0 aliphatic rings. The summed E-state index contributed by atoms with van der Waals surface area (Å²) in [5.74, 6) is -4.18. The molecular formula is C12H8F3NOS. The van der Waals surface area contributed by atoms with E-state index in [2.05, 4.69) is 4.98 Å². The largest absolute Gasteiger partial charge is 0.294 e. The van der Waals surface area contributed by atoms with Crippen molar-refractivity contribution in [2.45, 2.75) is 13.3 Å². The maximum Gasteiger partial charge on any atom is 0.174 e. The lowest BCUT2D eigenvalue weighted by atomic mass is 10.1. The van der Waals surface area contributed by atoms with E-state index in [0.717, 1.165) is 5.01 Å². The molecule has 2 nitrogen and oxygen atoms in total. The van der Waals surface area contributed by atoms with Gasteiger partial charge in [-0.25, -0.2) is 18.2 Å². The molecule has 0 atom stereocenters. The summed E-state index contributed by atoms with van der Waals surface area (Å²) in [6.07, 6.45) is -0.205. The number of aryl methyl sites for hydroxylation is 1. The number of benzene rings is 1. The highest BCUT2D eigenvalue weighted by Crippen LogP contribution is 2.18. The lowest BCUT2D eigenvalue weighted by Crippen LogP contribution is -2.10. The Morgan fingerprint density at radius 2 is 1.89 bits per heavy atom. The van der Waals surface area contributed by atoms with Crippen LogP contribution in [0.5, 0.6) is 0 Å². The second-order valence-electron chi connectivity index (χ2n) is 3.70. The standard InChI is InChI=1S/C12H8F3NOS/c1-6-16-8(5-18-6)4-11(17)12-9(14)2-7(13)3-10(12)15/h2-3,5H,4H2,1H3. The molecule has 6 heteroatoms. The molecule has 2 rings (SSSR count). The highest BCUT2D eigenvalue weighted by atomic mass is 32.1. The second kappa shape index (κ2) is 4.89. The van der Waals surface area contributed by atoms with Crippen LogP contribution in [0.4, 0.5) is 13.2 Å². The van der Waals surface area contributed by atoms with Gasteiger partial charge < -0.3 is 0 Å². The van der Waals surface area contributed by atoms with E-state index >= 15 is 0 Å². The van der Waals surface area contributed by atoms with E-state index in [1.807, 2.05) is 0 Å². The van der Waals surface area contributed by atoms with Gasteiger partial charge in [0.2, 0.25) is 0 Å². The third-order valence-electron chi connectivity index (χ3n) is 2.29. The first-order valence-corrected chi connectivity index (χ1v) is 5.94. The third kappa shape index (κ3) is 2.59. The smallest absolute Gasteiger partial charge is 0.174 e. The normalized spacial score (nSPS) is 10.7. The van der Waals surface area contributed by atoms with Gasteiger partial charge in [-0.15, -0.1) is 11.3 Å². The van der Waals surface area contributed by atoms with Crippen LogP contribution in [-0.4, -0.2) is 10.8 Å². The summed E-state index contributed by atoms with van der Waals surface area (Å²) in [6, 6.07) is 0.977. The maximum absolute atomic E-state index is 13.4. The fraction of sp³-hybridized carbons (Fsp3) is 0.167. The van der Waals surface area contributed by atoms with Gasteiger partial charge >= 0.3 is 0 Å². The topological polar surface area (TPSA) is 30.0 Å². The van der Waals surface area contributed by atoms with E-state index in [4.69, 9.17) is 0 Å². The van der Waals surface area contributed by atoms with Crippen LogP contribution in [0.2, 0.25) is 0 Å². The minimum Gasteiger partial charge on any atom is -0.294 e. The fourth-order valence-electron chi connectivity index (χ4n) is 1.55. The average molecular weight is 271 g/mol. The number of hydrogen-bond acceptors (Lipinski definition) is 3. The first kappa shape index (κ1) is 12.8. The number of rotatable bonds is 3. The summed E-state index contributed by atoms with van der Waals surface area (Å²) in [4.78, 5) is 15.8. The number of thiazole rings is 1. The molecule has 94 valence electrons. The Kier molecular flexibility index (Phi) is 3.47. The van der Waals surface area contributed by atoms with Gasteiger partial charge in [-0.1, -0.05) is 0 Å². The molecule has 0 fully saturated rings. The maximum atomic E-state index is 13.4. The minimum atomic E-state index is -1.19. The molecule has 0 saturated heterocycles. The second-order valence-corrected chi connectivity index (χ2v) is 4.76. The van der Waals surface area contributed by atoms with Crippen LogP contribution < -0.4 is 0 Å². The van der Waals surface area contributed by atoms with Crippen LogP contribution in [0.15, 0.2) is 17.5 Å². The molecule has 1 aromatic carbocycles. The summed E-state index contributed by atoms with van der Waals surface area (Å²) >= 11 is 1.34. The van der Waals surface area contributed by atoms with Crippen molar-refractivity contribution in [3.05, 3.63) is 51.2 Å². The van der Waals surface area contributed by atoms with Crippen LogP contribution in [0.1, 0.15) is 21.1 Å². The Morgan fingerprint density at radius 1 is 1.28 bits per heavy atom. The zero-order valence-electron chi connectivity index (χ0n) is 9.34. The zero-order valence-corrected chi connectivity index (χ0v) is 10.2. The van der Waals surface area contributed by atoms with Crippen molar-refractivity contribution in [1.29, 1.82) is 0 Å². The highest BCUT2D eigenvalue weighted by molar-refractivity contribution is 7.09. The number of ketones is 1. The summed E-state index contributed by atoms with van der Waals surface area (Å²) in [5, 5.41) is 2.41. The molecule has 0 saturated carbocycles. The Labute approximate surface area is 105 Å². The molecule has 0 aliphatic heterocycles. The van der Waals surface area contributed by atoms with Crippen LogP contribution in [0.25, 0.3) is 0 Å². The number of halogens is 3. The van der Waals surface area contributed by atoms with Crippen molar-refractivity contribution in [3.8, 4) is 0 Å². The van der Waals surface area contributed by atoms with Crippen molar-refractivity contribution >= 4 is 17.1 Å². The van der Waals surface area contributed by atoms with E-state index in [1.54, 1.807) is 12.3 Å². The molecule has 0 N–H and O–H groups in total. The first-order valence-electron chi connectivity index (χ1n) is 5.06. The third-order valence-corrected chi connectivity index (χ3v) is 3.12. The van der Waals surface area contributed by atoms with Crippen molar-refractivity contribution in [2.75, 3.05) is 0 Å². The lowest BCUT2D eigenvalue weighted by molar-refractivity contribution is 0.0984. The van der Waals surface area contributed by atoms with Gasteiger partial charge in [-0.3, -0.25) is 4.79 Å². The Hall–Kier alpha value is -1.69. The van der Waals surface area contributed by atoms with Gasteiger partial charge in [0.05, 0.1) is 22.7 Å². The number of carbonyl (C=O) groups is 1. The average Bonchev–Trinajstić information content (AvgIpc) is 2.62. The highest BCUT2D eigenvalue weighted by Gasteiger charge is 2.19. The summed E-state index contributed by atoms with van der Waals surface area (Å²) in [5.41, 5.74) is -0.271. The molecule has 0 bridgehead atoms. The van der Waals surface area contributed by atoms with Gasteiger partial charge in [-0.2, -0.15) is 0 Å². The van der Waals surface area contributed by atoms with Crippen LogP contribution >= 0.6 is 11.3 Å². The molecule has 2 aromatic rings. The van der Waals surface area contributed by atoms with E-state index in [9.17, 15) is 18.0 Å².